The Labute approximate surface area is 116 Å². The van der Waals surface area contributed by atoms with Gasteiger partial charge in [0.25, 0.3) is 0 Å². The minimum absolute atomic E-state index is 0.0251. The third-order valence-corrected chi connectivity index (χ3v) is 3.03. The smallest absolute Gasteiger partial charge is 0.333 e. The van der Waals surface area contributed by atoms with Gasteiger partial charge in [0.1, 0.15) is 6.54 Å². The van der Waals surface area contributed by atoms with E-state index >= 15 is 0 Å². The van der Waals surface area contributed by atoms with Gasteiger partial charge in [-0.05, 0) is 18.6 Å². The molecule has 1 aromatic heterocycles. The molecule has 0 saturated carbocycles. The number of hydrogen-bond donors (Lipinski definition) is 2. The second kappa shape index (κ2) is 5.56. The van der Waals surface area contributed by atoms with Crippen molar-refractivity contribution in [2.45, 2.75) is 19.0 Å². The van der Waals surface area contributed by atoms with Crippen molar-refractivity contribution in [2.24, 2.45) is 0 Å². The molecule has 2 rings (SSSR count). The first kappa shape index (κ1) is 13.8. The molecule has 1 aromatic carbocycles. The third kappa shape index (κ3) is 2.85. The van der Waals surface area contributed by atoms with Gasteiger partial charge in [-0.2, -0.15) is 5.10 Å². The lowest BCUT2D eigenvalue weighted by Crippen LogP contribution is -2.50. The fourth-order valence-corrected chi connectivity index (χ4v) is 1.88. The van der Waals surface area contributed by atoms with Crippen LogP contribution in [0.25, 0.3) is 0 Å². The van der Waals surface area contributed by atoms with E-state index in [1.165, 1.54) is 11.6 Å². The van der Waals surface area contributed by atoms with Crippen molar-refractivity contribution in [2.75, 3.05) is 0 Å². The Bertz CT molecular complexity index is 595. The summed E-state index contributed by atoms with van der Waals surface area (Å²) in [4.78, 5) is 23.5. The highest BCUT2D eigenvalue weighted by Crippen LogP contribution is 2.20. The van der Waals surface area contributed by atoms with Gasteiger partial charge < -0.3 is 10.4 Å². The van der Waals surface area contributed by atoms with Gasteiger partial charge in [-0.3, -0.25) is 9.48 Å². The zero-order chi connectivity index (χ0) is 14.6. The van der Waals surface area contributed by atoms with Crippen LogP contribution in [0.2, 0.25) is 0 Å². The molecule has 2 aromatic rings. The van der Waals surface area contributed by atoms with E-state index in [0.29, 0.717) is 5.56 Å². The second-order valence-electron chi connectivity index (χ2n) is 4.55. The molecule has 1 heterocycles. The average molecular weight is 273 g/mol. The van der Waals surface area contributed by atoms with Crippen LogP contribution in [0.4, 0.5) is 0 Å². The first-order chi connectivity index (χ1) is 9.52. The topological polar surface area (TPSA) is 84.2 Å². The molecule has 1 unspecified atom stereocenters. The zero-order valence-corrected chi connectivity index (χ0v) is 11.0. The number of carboxylic acid groups (broad SMARTS) is 1. The maximum absolute atomic E-state index is 12.0. The molecule has 6 nitrogen and oxygen atoms in total. The number of amides is 1. The molecule has 20 heavy (non-hydrogen) atoms. The van der Waals surface area contributed by atoms with E-state index in [0.717, 1.165) is 0 Å². The van der Waals surface area contributed by atoms with Crippen molar-refractivity contribution in [1.29, 1.82) is 0 Å². The SMILES string of the molecule is CC(NC(=O)Cn1cccn1)(C(=O)O)c1ccccc1. The molecular formula is C14H15N3O3. The average Bonchev–Trinajstić information content (AvgIpc) is 2.92. The molecular weight excluding hydrogens is 258 g/mol. The normalized spacial score (nSPS) is 13.4. The number of hydrogen-bond acceptors (Lipinski definition) is 3. The zero-order valence-electron chi connectivity index (χ0n) is 11.0. The van der Waals surface area contributed by atoms with E-state index in [-0.39, 0.29) is 6.54 Å². The maximum Gasteiger partial charge on any atom is 0.333 e. The molecule has 0 fully saturated rings. The van der Waals surface area contributed by atoms with Gasteiger partial charge in [0.15, 0.2) is 5.54 Å². The van der Waals surface area contributed by atoms with E-state index in [1.54, 1.807) is 48.8 Å². The van der Waals surface area contributed by atoms with Crippen molar-refractivity contribution in [3.63, 3.8) is 0 Å². The van der Waals surface area contributed by atoms with Crippen LogP contribution in [0.5, 0.6) is 0 Å². The number of carbonyl (C=O) groups excluding carboxylic acids is 1. The third-order valence-electron chi connectivity index (χ3n) is 3.03. The van der Waals surface area contributed by atoms with Crippen LogP contribution in [-0.4, -0.2) is 26.8 Å². The fourth-order valence-electron chi connectivity index (χ4n) is 1.88. The monoisotopic (exact) mass is 273 g/mol. The van der Waals surface area contributed by atoms with Gasteiger partial charge in [0, 0.05) is 12.4 Å². The lowest BCUT2D eigenvalue weighted by Gasteiger charge is -2.26. The molecule has 2 N–H and O–H groups in total. The first-order valence-corrected chi connectivity index (χ1v) is 6.10. The summed E-state index contributed by atoms with van der Waals surface area (Å²) in [6, 6.07) is 10.3. The van der Waals surface area contributed by atoms with Crippen molar-refractivity contribution >= 4 is 11.9 Å². The number of carboxylic acids is 1. The van der Waals surface area contributed by atoms with E-state index in [4.69, 9.17) is 0 Å². The molecule has 104 valence electrons. The minimum atomic E-state index is -1.47. The standard InChI is InChI=1S/C14H15N3O3/c1-14(13(19)20,11-6-3-2-4-7-11)16-12(18)10-17-9-5-8-15-17/h2-9H,10H2,1H3,(H,16,18)(H,19,20). The van der Waals surface area contributed by atoms with Crippen molar-refractivity contribution in [1.82, 2.24) is 15.1 Å². The molecule has 6 heteroatoms. The van der Waals surface area contributed by atoms with Crippen molar-refractivity contribution in [3.05, 3.63) is 54.4 Å². The Morgan fingerprint density at radius 3 is 2.55 bits per heavy atom. The first-order valence-electron chi connectivity index (χ1n) is 6.10. The van der Waals surface area contributed by atoms with E-state index in [1.807, 2.05) is 0 Å². The molecule has 0 aliphatic carbocycles. The summed E-state index contributed by atoms with van der Waals surface area (Å²) in [5, 5.41) is 15.9. The van der Waals surface area contributed by atoms with Gasteiger partial charge in [0.05, 0.1) is 0 Å². The van der Waals surface area contributed by atoms with Gasteiger partial charge in [0.2, 0.25) is 5.91 Å². The number of nitrogens with zero attached hydrogens (tertiary/aromatic N) is 2. The van der Waals surface area contributed by atoms with Gasteiger partial charge in [-0.1, -0.05) is 30.3 Å². The second-order valence-corrected chi connectivity index (χ2v) is 4.55. The number of aliphatic carboxylic acids is 1. The van der Waals surface area contributed by atoms with Crippen LogP contribution in [0.1, 0.15) is 12.5 Å². The molecule has 0 bridgehead atoms. The molecule has 0 aliphatic heterocycles. The molecule has 0 spiro atoms. The Morgan fingerprint density at radius 2 is 2.00 bits per heavy atom. The Balaban J connectivity index is 2.18. The van der Waals surface area contributed by atoms with Crippen LogP contribution in [0, 0.1) is 0 Å². The Morgan fingerprint density at radius 1 is 1.30 bits per heavy atom. The maximum atomic E-state index is 12.0. The van der Waals surface area contributed by atoms with E-state index in [9.17, 15) is 14.7 Å². The van der Waals surface area contributed by atoms with Crippen LogP contribution in [0.3, 0.4) is 0 Å². The quantitative estimate of drug-likeness (QED) is 0.851. The summed E-state index contributed by atoms with van der Waals surface area (Å²) < 4.78 is 1.43. The summed E-state index contributed by atoms with van der Waals surface area (Å²) in [6.07, 6.45) is 3.20. The van der Waals surface area contributed by atoms with E-state index in [2.05, 4.69) is 10.4 Å². The predicted molar refractivity (Wildman–Crippen MR) is 71.8 cm³/mol. The number of carbonyl (C=O) groups is 2. The van der Waals surface area contributed by atoms with Crippen molar-refractivity contribution < 1.29 is 14.7 Å². The molecule has 0 saturated heterocycles. The highest BCUT2D eigenvalue weighted by molar-refractivity contribution is 5.87. The van der Waals surface area contributed by atoms with Gasteiger partial charge in [-0.25, -0.2) is 4.79 Å². The van der Waals surface area contributed by atoms with E-state index < -0.39 is 17.4 Å². The van der Waals surface area contributed by atoms with Gasteiger partial charge >= 0.3 is 5.97 Å². The summed E-state index contributed by atoms with van der Waals surface area (Å²) in [5.74, 6) is -1.53. The summed E-state index contributed by atoms with van der Waals surface area (Å²) >= 11 is 0. The highest BCUT2D eigenvalue weighted by atomic mass is 16.4. The predicted octanol–water partition coefficient (Wildman–Crippen LogP) is 0.999. The lowest BCUT2D eigenvalue weighted by atomic mass is 9.92. The largest absolute Gasteiger partial charge is 0.479 e. The van der Waals surface area contributed by atoms with Gasteiger partial charge in [-0.15, -0.1) is 0 Å². The van der Waals surface area contributed by atoms with Crippen LogP contribution in [0.15, 0.2) is 48.8 Å². The molecule has 0 aliphatic rings. The van der Waals surface area contributed by atoms with Crippen molar-refractivity contribution in [3.8, 4) is 0 Å². The number of benzene rings is 1. The van der Waals surface area contributed by atoms with Crippen LogP contribution >= 0.6 is 0 Å². The highest BCUT2D eigenvalue weighted by Gasteiger charge is 2.36. The summed E-state index contributed by atoms with van der Waals surface area (Å²) in [5.41, 5.74) is -0.952. The summed E-state index contributed by atoms with van der Waals surface area (Å²) in [6.45, 7) is 1.44. The lowest BCUT2D eigenvalue weighted by molar-refractivity contribution is -0.147. The molecule has 1 atom stereocenters. The Kier molecular flexibility index (Phi) is 3.84. The Hall–Kier alpha value is -2.63. The number of aromatic nitrogens is 2. The van der Waals surface area contributed by atoms with Crippen LogP contribution in [-0.2, 0) is 21.7 Å². The summed E-state index contributed by atoms with van der Waals surface area (Å²) in [7, 11) is 0. The molecule has 1 amide bonds. The number of rotatable bonds is 5. The van der Waals surface area contributed by atoms with Crippen LogP contribution < -0.4 is 5.32 Å². The molecule has 0 radical (unpaired) electrons. The minimum Gasteiger partial charge on any atom is -0.479 e. The fraction of sp³-hybridized carbons (Fsp3) is 0.214. The number of nitrogens with one attached hydrogen (secondary N) is 1.